The summed E-state index contributed by atoms with van der Waals surface area (Å²) >= 11 is 5.80. The number of carbonyl (C=O) groups is 2. The molecule has 0 unspecified atom stereocenters. The predicted molar refractivity (Wildman–Crippen MR) is 89.9 cm³/mol. The minimum absolute atomic E-state index is 0.136. The predicted octanol–water partition coefficient (Wildman–Crippen LogP) is 3.95. The minimum Gasteiger partial charge on any atom is -0.326 e. The van der Waals surface area contributed by atoms with Crippen molar-refractivity contribution >= 4 is 40.9 Å². The maximum Gasteiger partial charge on any atom is 0.248 e. The third-order valence-corrected chi connectivity index (χ3v) is 3.02. The van der Waals surface area contributed by atoms with Crippen LogP contribution in [0.25, 0.3) is 6.08 Å². The summed E-state index contributed by atoms with van der Waals surface area (Å²) in [6, 6.07) is 14.1. The summed E-state index contributed by atoms with van der Waals surface area (Å²) in [6.45, 7) is 1.44. The van der Waals surface area contributed by atoms with E-state index in [1.54, 1.807) is 42.5 Å². The van der Waals surface area contributed by atoms with E-state index in [1.165, 1.54) is 13.0 Å². The standard InChI is InChI=1S/C17H15ClN2O2/c1-12(21)19-15-7-9-16(10-8-15)20-17(22)11-4-13-2-5-14(18)6-3-13/h2-11H,1H3,(H,19,21)(H,20,22)/b11-4+. The topological polar surface area (TPSA) is 58.2 Å². The molecule has 5 heteroatoms. The van der Waals surface area contributed by atoms with Gasteiger partial charge in [-0.15, -0.1) is 0 Å². The van der Waals surface area contributed by atoms with Crippen LogP contribution in [-0.4, -0.2) is 11.8 Å². The fourth-order valence-electron chi connectivity index (χ4n) is 1.77. The van der Waals surface area contributed by atoms with Gasteiger partial charge >= 0.3 is 0 Å². The zero-order valence-electron chi connectivity index (χ0n) is 12.0. The van der Waals surface area contributed by atoms with Crippen molar-refractivity contribution in [2.45, 2.75) is 6.92 Å². The van der Waals surface area contributed by atoms with Crippen molar-refractivity contribution in [3.63, 3.8) is 0 Å². The molecule has 0 heterocycles. The molecule has 4 nitrogen and oxygen atoms in total. The molecule has 0 aromatic heterocycles. The van der Waals surface area contributed by atoms with Crippen molar-refractivity contribution in [2.75, 3.05) is 10.6 Å². The zero-order valence-corrected chi connectivity index (χ0v) is 12.7. The number of anilines is 2. The van der Waals surface area contributed by atoms with E-state index >= 15 is 0 Å². The number of benzene rings is 2. The third-order valence-electron chi connectivity index (χ3n) is 2.77. The molecule has 0 aliphatic rings. The summed E-state index contributed by atoms with van der Waals surface area (Å²) in [6.07, 6.45) is 3.16. The van der Waals surface area contributed by atoms with Gasteiger partial charge in [-0.3, -0.25) is 9.59 Å². The van der Waals surface area contributed by atoms with Gasteiger partial charge in [0, 0.05) is 29.4 Å². The van der Waals surface area contributed by atoms with Crippen LogP contribution in [0.1, 0.15) is 12.5 Å². The summed E-state index contributed by atoms with van der Waals surface area (Å²) in [4.78, 5) is 22.7. The van der Waals surface area contributed by atoms with Gasteiger partial charge in [-0.05, 0) is 48.0 Å². The van der Waals surface area contributed by atoms with Gasteiger partial charge in [0.05, 0.1) is 0 Å². The minimum atomic E-state index is -0.234. The molecule has 0 bridgehead atoms. The van der Waals surface area contributed by atoms with E-state index < -0.39 is 0 Å². The first kappa shape index (κ1) is 15.8. The number of hydrogen-bond acceptors (Lipinski definition) is 2. The van der Waals surface area contributed by atoms with Gasteiger partial charge in [0.15, 0.2) is 0 Å². The normalized spacial score (nSPS) is 10.5. The molecule has 0 saturated carbocycles. The number of amides is 2. The first-order valence-electron chi connectivity index (χ1n) is 6.65. The van der Waals surface area contributed by atoms with Gasteiger partial charge in [-0.25, -0.2) is 0 Å². The second-order valence-electron chi connectivity index (χ2n) is 4.63. The maximum atomic E-state index is 11.8. The van der Waals surface area contributed by atoms with Crippen LogP contribution in [0.3, 0.4) is 0 Å². The Morgan fingerprint density at radius 3 is 2.00 bits per heavy atom. The summed E-state index contributed by atoms with van der Waals surface area (Å²) in [5.41, 5.74) is 2.22. The van der Waals surface area contributed by atoms with Gasteiger partial charge in [0.2, 0.25) is 11.8 Å². The highest BCUT2D eigenvalue weighted by atomic mass is 35.5. The monoisotopic (exact) mass is 314 g/mol. The van der Waals surface area contributed by atoms with E-state index in [4.69, 9.17) is 11.6 Å². The van der Waals surface area contributed by atoms with Crippen LogP contribution in [-0.2, 0) is 9.59 Å². The van der Waals surface area contributed by atoms with Gasteiger partial charge in [-0.1, -0.05) is 23.7 Å². The molecule has 0 radical (unpaired) electrons. The van der Waals surface area contributed by atoms with E-state index in [-0.39, 0.29) is 11.8 Å². The highest BCUT2D eigenvalue weighted by Gasteiger charge is 1.99. The van der Waals surface area contributed by atoms with Crippen molar-refractivity contribution in [1.82, 2.24) is 0 Å². The fraction of sp³-hybridized carbons (Fsp3) is 0.0588. The number of carbonyl (C=O) groups excluding carboxylic acids is 2. The fourth-order valence-corrected chi connectivity index (χ4v) is 1.90. The molecule has 0 atom stereocenters. The number of rotatable bonds is 4. The molecule has 2 rings (SSSR count). The van der Waals surface area contributed by atoms with Crippen molar-refractivity contribution in [3.8, 4) is 0 Å². The molecule has 0 fully saturated rings. The molecule has 112 valence electrons. The summed E-state index contributed by atoms with van der Waals surface area (Å²) in [5.74, 6) is -0.370. The van der Waals surface area contributed by atoms with Gasteiger partial charge in [-0.2, -0.15) is 0 Å². The molecular weight excluding hydrogens is 300 g/mol. The van der Waals surface area contributed by atoms with Crippen LogP contribution in [0.4, 0.5) is 11.4 Å². The lowest BCUT2D eigenvalue weighted by molar-refractivity contribution is -0.114. The van der Waals surface area contributed by atoms with E-state index in [9.17, 15) is 9.59 Å². The summed E-state index contributed by atoms with van der Waals surface area (Å²) in [7, 11) is 0. The van der Waals surface area contributed by atoms with Crippen LogP contribution in [0.15, 0.2) is 54.6 Å². The Morgan fingerprint density at radius 2 is 1.45 bits per heavy atom. The Bertz CT molecular complexity index is 692. The lowest BCUT2D eigenvalue weighted by Crippen LogP contribution is -2.08. The summed E-state index contributed by atoms with van der Waals surface area (Å²) < 4.78 is 0. The van der Waals surface area contributed by atoms with E-state index in [2.05, 4.69) is 10.6 Å². The molecule has 2 aromatic carbocycles. The van der Waals surface area contributed by atoms with Crippen molar-refractivity contribution in [3.05, 3.63) is 65.2 Å². The van der Waals surface area contributed by atoms with E-state index in [0.717, 1.165) is 5.56 Å². The van der Waals surface area contributed by atoms with Crippen LogP contribution >= 0.6 is 11.6 Å². The smallest absolute Gasteiger partial charge is 0.248 e. The Hall–Kier alpha value is -2.59. The largest absolute Gasteiger partial charge is 0.326 e. The average Bonchev–Trinajstić information content (AvgIpc) is 2.48. The van der Waals surface area contributed by atoms with Crippen LogP contribution in [0.5, 0.6) is 0 Å². The Kier molecular flexibility index (Phi) is 5.33. The highest BCUT2D eigenvalue weighted by Crippen LogP contribution is 2.14. The molecule has 0 aliphatic heterocycles. The number of nitrogens with one attached hydrogen (secondary N) is 2. The molecule has 0 aliphatic carbocycles. The Labute approximate surface area is 133 Å². The van der Waals surface area contributed by atoms with Crippen molar-refractivity contribution < 1.29 is 9.59 Å². The average molecular weight is 315 g/mol. The Balaban J connectivity index is 1.94. The third kappa shape index (κ3) is 5.07. The quantitative estimate of drug-likeness (QED) is 0.839. The van der Waals surface area contributed by atoms with Crippen molar-refractivity contribution in [2.24, 2.45) is 0 Å². The van der Waals surface area contributed by atoms with E-state index in [1.807, 2.05) is 12.1 Å². The number of halogens is 1. The molecule has 2 aromatic rings. The van der Waals surface area contributed by atoms with E-state index in [0.29, 0.717) is 16.4 Å². The first-order valence-corrected chi connectivity index (χ1v) is 7.03. The zero-order chi connectivity index (χ0) is 15.9. The van der Waals surface area contributed by atoms with Crippen LogP contribution < -0.4 is 10.6 Å². The molecule has 0 spiro atoms. The molecule has 0 saturated heterocycles. The molecule has 2 N–H and O–H groups in total. The summed E-state index contributed by atoms with van der Waals surface area (Å²) in [5, 5.41) is 6.05. The number of hydrogen-bond donors (Lipinski definition) is 2. The molecular formula is C17H15ClN2O2. The van der Waals surface area contributed by atoms with Gasteiger partial charge in [0.25, 0.3) is 0 Å². The second kappa shape index (κ2) is 7.43. The Morgan fingerprint density at radius 1 is 0.909 bits per heavy atom. The highest BCUT2D eigenvalue weighted by molar-refractivity contribution is 6.30. The van der Waals surface area contributed by atoms with Gasteiger partial charge in [0.1, 0.15) is 0 Å². The van der Waals surface area contributed by atoms with Crippen LogP contribution in [0, 0.1) is 0 Å². The van der Waals surface area contributed by atoms with Gasteiger partial charge < -0.3 is 10.6 Å². The lowest BCUT2D eigenvalue weighted by Gasteiger charge is -2.05. The van der Waals surface area contributed by atoms with Crippen LogP contribution in [0.2, 0.25) is 5.02 Å². The molecule has 22 heavy (non-hydrogen) atoms. The first-order chi connectivity index (χ1) is 10.5. The van der Waals surface area contributed by atoms with Crippen molar-refractivity contribution in [1.29, 1.82) is 0 Å². The second-order valence-corrected chi connectivity index (χ2v) is 5.07. The lowest BCUT2D eigenvalue weighted by atomic mass is 10.2. The SMILES string of the molecule is CC(=O)Nc1ccc(NC(=O)/C=C/c2ccc(Cl)cc2)cc1. The molecule has 2 amide bonds. The maximum absolute atomic E-state index is 11.8.